The summed E-state index contributed by atoms with van der Waals surface area (Å²) in [6, 6.07) is 0. The molecular weight excluding hydrogens is 733 g/mol. The van der Waals surface area contributed by atoms with Gasteiger partial charge in [0.05, 0.1) is 0 Å². The molecule has 6 nitrogen and oxygen atoms in total. The Morgan fingerprint density at radius 1 is 0.356 bits per heavy atom. The molecule has 0 amide bonds. The molecule has 0 rings (SSSR count). The molecule has 2 atom stereocenters. The van der Waals surface area contributed by atoms with Gasteiger partial charge in [-0.2, -0.15) is 0 Å². The smallest absolute Gasteiger partial charge is 0.306 e. The molecule has 59 heavy (non-hydrogen) atoms. The van der Waals surface area contributed by atoms with Crippen LogP contribution >= 0.6 is 0 Å². The van der Waals surface area contributed by atoms with Crippen molar-refractivity contribution in [1.82, 2.24) is 0 Å². The standard InChI is InChI=1S/C53H102O6/c1-6-8-9-10-26-33-38-43-51(54)57-46-50(47-58-52(55)44-39-34-29-24-20-17-13-14-18-22-27-31-36-41-48(3)4)59-53(56)45-40-35-30-25-21-16-12-11-15-19-23-28-32-37-42-49(5)7-2/h48-50H,6-47H2,1-5H3/t49?,50-/m1/s1. The number of carbonyl (C=O) groups is 3. The van der Waals surface area contributed by atoms with Crippen molar-refractivity contribution in [3.8, 4) is 0 Å². The van der Waals surface area contributed by atoms with E-state index in [0.29, 0.717) is 19.3 Å². The quantitative estimate of drug-likeness (QED) is 0.0345. The lowest BCUT2D eigenvalue weighted by atomic mass is 9.99. The van der Waals surface area contributed by atoms with Gasteiger partial charge in [0.1, 0.15) is 13.2 Å². The Morgan fingerprint density at radius 3 is 0.966 bits per heavy atom. The Hall–Kier alpha value is -1.59. The Kier molecular flexibility index (Phi) is 44.7. The first kappa shape index (κ1) is 57.4. The van der Waals surface area contributed by atoms with Gasteiger partial charge in [0.25, 0.3) is 0 Å². The Labute approximate surface area is 368 Å². The van der Waals surface area contributed by atoms with Crippen LogP contribution in [0.2, 0.25) is 0 Å². The fraction of sp³-hybridized carbons (Fsp3) is 0.943. The van der Waals surface area contributed by atoms with Gasteiger partial charge in [0.15, 0.2) is 6.10 Å². The van der Waals surface area contributed by atoms with E-state index in [1.807, 2.05) is 0 Å². The number of unbranched alkanes of at least 4 members (excludes halogenated alkanes) is 31. The van der Waals surface area contributed by atoms with Gasteiger partial charge in [-0.25, -0.2) is 0 Å². The molecule has 0 aromatic rings. The molecule has 0 saturated carbocycles. The number of rotatable bonds is 47. The second-order valence-corrected chi connectivity index (χ2v) is 18.9. The van der Waals surface area contributed by atoms with Crippen LogP contribution in [0.5, 0.6) is 0 Å². The predicted molar refractivity (Wildman–Crippen MR) is 252 cm³/mol. The third-order valence-corrected chi connectivity index (χ3v) is 12.3. The SMILES string of the molecule is CCCCCCCCCC(=O)OC[C@H](COC(=O)CCCCCCCCCCCCCCCC(C)C)OC(=O)CCCCCCCCCCCCCCCCC(C)CC. The van der Waals surface area contributed by atoms with Crippen molar-refractivity contribution in [2.24, 2.45) is 11.8 Å². The van der Waals surface area contributed by atoms with Crippen LogP contribution in [0.4, 0.5) is 0 Å². The average molecular weight is 835 g/mol. The molecule has 0 aliphatic carbocycles. The summed E-state index contributed by atoms with van der Waals surface area (Å²) in [4.78, 5) is 37.8. The fourth-order valence-electron chi connectivity index (χ4n) is 7.96. The number of ether oxygens (including phenoxy) is 3. The van der Waals surface area contributed by atoms with Crippen LogP contribution in [0.3, 0.4) is 0 Å². The predicted octanol–water partition coefficient (Wildman–Crippen LogP) is 16.9. The molecule has 0 aromatic carbocycles. The number of carbonyl (C=O) groups excluding carboxylic acids is 3. The highest BCUT2D eigenvalue weighted by Crippen LogP contribution is 2.18. The molecule has 0 heterocycles. The molecular formula is C53H102O6. The molecule has 0 aliphatic rings. The Balaban J connectivity index is 4.19. The highest BCUT2D eigenvalue weighted by atomic mass is 16.6. The van der Waals surface area contributed by atoms with Crippen molar-refractivity contribution in [2.45, 2.75) is 298 Å². The zero-order chi connectivity index (χ0) is 43.3. The fourth-order valence-corrected chi connectivity index (χ4v) is 7.96. The van der Waals surface area contributed by atoms with Gasteiger partial charge >= 0.3 is 17.9 Å². The molecule has 0 fully saturated rings. The molecule has 0 aromatic heterocycles. The van der Waals surface area contributed by atoms with Crippen LogP contribution in [0.1, 0.15) is 291 Å². The van der Waals surface area contributed by atoms with Crippen molar-refractivity contribution >= 4 is 17.9 Å². The number of hydrogen-bond acceptors (Lipinski definition) is 6. The number of esters is 3. The first-order valence-corrected chi connectivity index (χ1v) is 26.3. The van der Waals surface area contributed by atoms with Gasteiger partial charge in [-0.05, 0) is 31.1 Å². The van der Waals surface area contributed by atoms with E-state index >= 15 is 0 Å². The van der Waals surface area contributed by atoms with E-state index in [9.17, 15) is 14.4 Å². The summed E-state index contributed by atoms with van der Waals surface area (Å²) >= 11 is 0. The van der Waals surface area contributed by atoms with E-state index in [1.54, 1.807) is 0 Å². The molecule has 0 bridgehead atoms. The summed E-state index contributed by atoms with van der Waals surface area (Å²) in [5, 5.41) is 0. The van der Waals surface area contributed by atoms with E-state index in [4.69, 9.17) is 14.2 Å². The van der Waals surface area contributed by atoms with E-state index in [0.717, 1.165) is 69.6 Å². The van der Waals surface area contributed by atoms with Crippen molar-refractivity contribution < 1.29 is 28.6 Å². The maximum Gasteiger partial charge on any atom is 0.306 e. The van der Waals surface area contributed by atoms with Crippen molar-refractivity contribution in [2.75, 3.05) is 13.2 Å². The maximum absolute atomic E-state index is 12.8. The number of hydrogen-bond donors (Lipinski definition) is 0. The van der Waals surface area contributed by atoms with Crippen LogP contribution in [0.15, 0.2) is 0 Å². The van der Waals surface area contributed by atoms with Crippen LogP contribution in [-0.2, 0) is 28.6 Å². The van der Waals surface area contributed by atoms with Gasteiger partial charge in [-0.15, -0.1) is 0 Å². The van der Waals surface area contributed by atoms with Crippen molar-refractivity contribution in [3.63, 3.8) is 0 Å². The molecule has 0 spiro atoms. The summed E-state index contributed by atoms with van der Waals surface area (Å²) in [5.41, 5.74) is 0. The zero-order valence-electron chi connectivity index (χ0n) is 40.4. The summed E-state index contributed by atoms with van der Waals surface area (Å²) in [7, 11) is 0. The third-order valence-electron chi connectivity index (χ3n) is 12.3. The third kappa shape index (κ3) is 45.8. The second kappa shape index (κ2) is 45.9. The van der Waals surface area contributed by atoms with Crippen LogP contribution in [0, 0.1) is 11.8 Å². The molecule has 6 heteroatoms. The van der Waals surface area contributed by atoms with E-state index in [2.05, 4.69) is 34.6 Å². The van der Waals surface area contributed by atoms with Gasteiger partial charge in [-0.3, -0.25) is 14.4 Å². The van der Waals surface area contributed by atoms with Gasteiger partial charge in [0, 0.05) is 19.3 Å². The van der Waals surface area contributed by atoms with Gasteiger partial charge < -0.3 is 14.2 Å². The van der Waals surface area contributed by atoms with Crippen molar-refractivity contribution in [1.29, 1.82) is 0 Å². The molecule has 0 N–H and O–H groups in total. The lowest BCUT2D eigenvalue weighted by Gasteiger charge is -2.18. The highest BCUT2D eigenvalue weighted by molar-refractivity contribution is 5.71. The minimum absolute atomic E-state index is 0.0639. The van der Waals surface area contributed by atoms with Crippen LogP contribution < -0.4 is 0 Å². The van der Waals surface area contributed by atoms with E-state index in [1.165, 1.54) is 180 Å². The van der Waals surface area contributed by atoms with Crippen molar-refractivity contribution in [3.05, 3.63) is 0 Å². The highest BCUT2D eigenvalue weighted by Gasteiger charge is 2.19. The average Bonchev–Trinajstić information content (AvgIpc) is 3.22. The lowest BCUT2D eigenvalue weighted by molar-refractivity contribution is -0.167. The lowest BCUT2D eigenvalue weighted by Crippen LogP contribution is -2.30. The molecule has 0 saturated heterocycles. The summed E-state index contributed by atoms with van der Waals surface area (Å²) < 4.78 is 16.8. The molecule has 350 valence electrons. The molecule has 1 unspecified atom stereocenters. The Bertz CT molecular complexity index is 902. The summed E-state index contributed by atoms with van der Waals surface area (Å²) in [5.74, 6) is 0.881. The van der Waals surface area contributed by atoms with E-state index in [-0.39, 0.29) is 31.1 Å². The molecule has 0 aliphatic heterocycles. The summed E-state index contributed by atoms with van der Waals surface area (Å²) in [6.45, 7) is 11.4. The van der Waals surface area contributed by atoms with Crippen LogP contribution in [0.25, 0.3) is 0 Å². The zero-order valence-corrected chi connectivity index (χ0v) is 40.4. The monoisotopic (exact) mass is 835 g/mol. The van der Waals surface area contributed by atoms with Crippen LogP contribution in [-0.4, -0.2) is 37.2 Å². The Morgan fingerprint density at radius 2 is 0.644 bits per heavy atom. The normalized spacial score (nSPS) is 12.5. The maximum atomic E-state index is 12.8. The minimum Gasteiger partial charge on any atom is -0.462 e. The first-order valence-electron chi connectivity index (χ1n) is 26.3. The molecule has 0 radical (unpaired) electrons. The minimum atomic E-state index is -0.760. The van der Waals surface area contributed by atoms with Gasteiger partial charge in [0.2, 0.25) is 0 Å². The summed E-state index contributed by atoms with van der Waals surface area (Å²) in [6.07, 6.45) is 46.7. The largest absolute Gasteiger partial charge is 0.462 e. The first-order chi connectivity index (χ1) is 28.8. The van der Waals surface area contributed by atoms with E-state index < -0.39 is 6.10 Å². The topological polar surface area (TPSA) is 78.9 Å². The van der Waals surface area contributed by atoms with Gasteiger partial charge in [-0.1, -0.05) is 253 Å². The second-order valence-electron chi connectivity index (χ2n) is 18.9.